The number of esters is 1. The second-order valence-electron chi connectivity index (χ2n) is 4.57. The Morgan fingerprint density at radius 3 is 2.20 bits per heavy atom. The monoisotopic (exact) mass is 217 g/mol. The van der Waals surface area contributed by atoms with E-state index in [1.165, 1.54) is 0 Å². The van der Waals surface area contributed by atoms with Gasteiger partial charge in [-0.2, -0.15) is 0 Å². The quantitative estimate of drug-likeness (QED) is 0.653. The lowest BCUT2D eigenvalue weighted by molar-refractivity contribution is -0.151. The molecule has 3 atom stereocenters. The highest BCUT2D eigenvalue weighted by Gasteiger charge is 2.19. The molecule has 0 aromatic carbocycles. The van der Waals surface area contributed by atoms with Crippen LogP contribution in [0.1, 0.15) is 40.5 Å². The Kier molecular flexibility index (Phi) is 6.52. The van der Waals surface area contributed by atoms with Crippen molar-refractivity contribution in [3.63, 3.8) is 0 Å². The number of hydrogen-bond donors (Lipinski definition) is 2. The third-order valence-corrected chi connectivity index (χ3v) is 2.02. The first-order valence-corrected chi connectivity index (χ1v) is 5.47. The van der Waals surface area contributed by atoms with Crippen molar-refractivity contribution in [2.45, 2.75) is 58.8 Å². The standard InChI is InChI=1S/C11H23NO3/c1-7(2)5-9(4)15-11(14)10(12)6-8(3)13/h7-10,13H,5-6,12H2,1-4H3. The Labute approximate surface area is 91.8 Å². The molecular weight excluding hydrogens is 194 g/mol. The lowest BCUT2D eigenvalue weighted by Gasteiger charge is -2.18. The molecule has 0 spiro atoms. The number of nitrogens with two attached hydrogens (primary N) is 1. The number of carbonyl (C=O) groups is 1. The first kappa shape index (κ1) is 14.4. The van der Waals surface area contributed by atoms with Crippen LogP contribution in [-0.4, -0.2) is 29.3 Å². The van der Waals surface area contributed by atoms with E-state index in [1.807, 2.05) is 6.92 Å². The van der Waals surface area contributed by atoms with Crippen LogP contribution in [0, 0.1) is 5.92 Å². The Hall–Kier alpha value is -0.610. The van der Waals surface area contributed by atoms with Gasteiger partial charge in [0.25, 0.3) is 0 Å². The van der Waals surface area contributed by atoms with E-state index in [0.717, 1.165) is 6.42 Å². The summed E-state index contributed by atoms with van der Waals surface area (Å²) in [7, 11) is 0. The van der Waals surface area contributed by atoms with Crippen LogP contribution in [0.5, 0.6) is 0 Å². The minimum absolute atomic E-state index is 0.113. The molecule has 3 unspecified atom stereocenters. The van der Waals surface area contributed by atoms with Crippen molar-refractivity contribution in [2.75, 3.05) is 0 Å². The molecule has 90 valence electrons. The van der Waals surface area contributed by atoms with Gasteiger partial charge in [-0.1, -0.05) is 13.8 Å². The summed E-state index contributed by atoms with van der Waals surface area (Å²) >= 11 is 0. The molecule has 4 heteroatoms. The van der Waals surface area contributed by atoms with Gasteiger partial charge in [-0.15, -0.1) is 0 Å². The topological polar surface area (TPSA) is 72.5 Å². The lowest BCUT2D eigenvalue weighted by Crippen LogP contribution is -2.37. The molecule has 0 fully saturated rings. The van der Waals surface area contributed by atoms with E-state index in [-0.39, 0.29) is 12.5 Å². The van der Waals surface area contributed by atoms with Gasteiger partial charge in [0.1, 0.15) is 6.04 Å². The number of ether oxygens (including phenoxy) is 1. The van der Waals surface area contributed by atoms with Gasteiger partial charge in [-0.25, -0.2) is 0 Å². The zero-order valence-electron chi connectivity index (χ0n) is 10.1. The van der Waals surface area contributed by atoms with Gasteiger partial charge >= 0.3 is 5.97 Å². The maximum absolute atomic E-state index is 11.4. The van der Waals surface area contributed by atoms with E-state index in [1.54, 1.807) is 6.92 Å². The van der Waals surface area contributed by atoms with Crippen LogP contribution in [0.15, 0.2) is 0 Å². The van der Waals surface area contributed by atoms with Gasteiger partial charge in [0, 0.05) is 0 Å². The van der Waals surface area contributed by atoms with Crippen molar-refractivity contribution in [1.29, 1.82) is 0 Å². The summed E-state index contributed by atoms with van der Waals surface area (Å²) in [6.07, 6.45) is 0.380. The summed E-state index contributed by atoms with van der Waals surface area (Å²) in [4.78, 5) is 11.4. The fourth-order valence-corrected chi connectivity index (χ4v) is 1.46. The molecule has 0 bridgehead atoms. The van der Waals surface area contributed by atoms with Crippen molar-refractivity contribution in [3.8, 4) is 0 Å². The predicted molar refractivity (Wildman–Crippen MR) is 59.3 cm³/mol. The molecule has 0 heterocycles. The highest BCUT2D eigenvalue weighted by molar-refractivity contribution is 5.75. The van der Waals surface area contributed by atoms with Crippen molar-refractivity contribution in [3.05, 3.63) is 0 Å². The van der Waals surface area contributed by atoms with Crippen LogP contribution >= 0.6 is 0 Å². The minimum atomic E-state index is -0.723. The van der Waals surface area contributed by atoms with Gasteiger partial charge in [0.2, 0.25) is 0 Å². The molecule has 0 aliphatic rings. The molecule has 4 nitrogen and oxygen atoms in total. The molecule has 0 aromatic heterocycles. The second-order valence-corrected chi connectivity index (χ2v) is 4.57. The van der Waals surface area contributed by atoms with Crippen LogP contribution in [0.25, 0.3) is 0 Å². The number of hydrogen-bond acceptors (Lipinski definition) is 4. The first-order chi connectivity index (χ1) is 6.82. The van der Waals surface area contributed by atoms with Gasteiger partial charge in [-0.05, 0) is 32.6 Å². The van der Waals surface area contributed by atoms with Gasteiger partial charge in [-0.3, -0.25) is 4.79 Å². The Morgan fingerprint density at radius 2 is 1.80 bits per heavy atom. The van der Waals surface area contributed by atoms with Crippen LogP contribution in [0.4, 0.5) is 0 Å². The molecule has 0 aliphatic carbocycles. The molecule has 0 amide bonds. The lowest BCUT2D eigenvalue weighted by atomic mass is 10.1. The minimum Gasteiger partial charge on any atom is -0.462 e. The molecule has 0 rings (SSSR count). The Morgan fingerprint density at radius 1 is 1.27 bits per heavy atom. The van der Waals surface area contributed by atoms with E-state index >= 15 is 0 Å². The summed E-state index contributed by atoms with van der Waals surface area (Å²) in [5.41, 5.74) is 5.56. The number of carbonyl (C=O) groups excluding carboxylic acids is 1. The van der Waals surface area contributed by atoms with E-state index < -0.39 is 18.1 Å². The maximum atomic E-state index is 11.4. The largest absolute Gasteiger partial charge is 0.462 e. The highest BCUT2D eigenvalue weighted by atomic mass is 16.5. The third kappa shape index (κ3) is 7.33. The SMILES string of the molecule is CC(C)CC(C)OC(=O)C(N)CC(C)O. The second kappa shape index (κ2) is 6.80. The van der Waals surface area contributed by atoms with E-state index in [4.69, 9.17) is 15.6 Å². The number of rotatable bonds is 6. The Bertz CT molecular complexity index is 192. The summed E-state index contributed by atoms with van der Waals surface area (Å²) in [6, 6.07) is -0.723. The maximum Gasteiger partial charge on any atom is 0.323 e. The molecular formula is C11H23NO3. The molecule has 15 heavy (non-hydrogen) atoms. The first-order valence-electron chi connectivity index (χ1n) is 5.47. The van der Waals surface area contributed by atoms with Crippen LogP contribution in [-0.2, 0) is 9.53 Å². The summed E-state index contributed by atoms with van der Waals surface area (Å²) < 4.78 is 5.15. The molecule has 0 radical (unpaired) electrons. The zero-order chi connectivity index (χ0) is 12.0. The molecule has 0 aromatic rings. The number of aliphatic hydroxyl groups excluding tert-OH is 1. The molecule has 0 saturated heterocycles. The van der Waals surface area contributed by atoms with E-state index in [2.05, 4.69) is 13.8 Å². The van der Waals surface area contributed by atoms with Crippen molar-refractivity contribution in [2.24, 2.45) is 11.7 Å². The normalized spacial score (nSPS) is 17.3. The van der Waals surface area contributed by atoms with Gasteiger partial charge in [0.15, 0.2) is 0 Å². The average molecular weight is 217 g/mol. The molecule has 3 N–H and O–H groups in total. The molecule has 0 saturated carbocycles. The van der Waals surface area contributed by atoms with Crippen molar-refractivity contribution >= 4 is 5.97 Å². The van der Waals surface area contributed by atoms with E-state index in [0.29, 0.717) is 5.92 Å². The fourth-order valence-electron chi connectivity index (χ4n) is 1.46. The zero-order valence-corrected chi connectivity index (χ0v) is 10.1. The van der Waals surface area contributed by atoms with Gasteiger partial charge < -0.3 is 15.6 Å². The van der Waals surface area contributed by atoms with Crippen LogP contribution < -0.4 is 5.73 Å². The predicted octanol–water partition coefficient (Wildman–Crippen LogP) is 1.06. The fraction of sp³-hybridized carbons (Fsp3) is 0.909. The highest BCUT2D eigenvalue weighted by Crippen LogP contribution is 2.09. The Balaban J connectivity index is 3.90. The van der Waals surface area contributed by atoms with Gasteiger partial charge in [0.05, 0.1) is 12.2 Å². The summed E-state index contributed by atoms with van der Waals surface area (Å²) in [5, 5.41) is 9.06. The average Bonchev–Trinajstić information content (AvgIpc) is 2.00. The summed E-state index contributed by atoms with van der Waals surface area (Å²) in [6.45, 7) is 7.60. The molecule has 0 aliphatic heterocycles. The summed E-state index contributed by atoms with van der Waals surface area (Å²) in [5.74, 6) is 0.0600. The van der Waals surface area contributed by atoms with E-state index in [9.17, 15) is 4.79 Å². The third-order valence-electron chi connectivity index (χ3n) is 2.02. The number of aliphatic hydroxyl groups is 1. The van der Waals surface area contributed by atoms with Crippen molar-refractivity contribution < 1.29 is 14.6 Å². The smallest absolute Gasteiger partial charge is 0.323 e. The van der Waals surface area contributed by atoms with Crippen molar-refractivity contribution in [1.82, 2.24) is 0 Å². The van der Waals surface area contributed by atoms with Crippen LogP contribution in [0.2, 0.25) is 0 Å². The van der Waals surface area contributed by atoms with Crippen LogP contribution in [0.3, 0.4) is 0 Å².